The van der Waals surface area contributed by atoms with Crippen LogP contribution in [-0.4, -0.2) is 24.4 Å². The van der Waals surface area contributed by atoms with E-state index in [4.69, 9.17) is 15.2 Å². The first kappa shape index (κ1) is 10.9. The van der Waals surface area contributed by atoms with Crippen LogP contribution in [0, 0.1) is 5.92 Å². The lowest BCUT2D eigenvalue weighted by Crippen LogP contribution is -2.11. The van der Waals surface area contributed by atoms with Gasteiger partial charge in [-0.25, -0.2) is 9.78 Å². The Morgan fingerprint density at radius 3 is 2.94 bits per heavy atom. The number of carbonyl (C=O) groups is 1. The first-order valence-electron chi connectivity index (χ1n) is 5.22. The van der Waals surface area contributed by atoms with Crippen LogP contribution in [0.3, 0.4) is 0 Å². The summed E-state index contributed by atoms with van der Waals surface area (Å²) >= 11 is 0. The SMILES string of the molecule is Nc1ccc(C(=O)OCOCC2CC2)nc1. The molecule has 1 aromatic rings. The Labute approximate surface area is 93.6 Å². The van der Waals surface area contributed by atoms with Gasteiger partial charge < -0.3 is 15.2 Å². The minimum atomic E-state index is -0.490. The topological polar surface area (TPSA) is 74.4 Å². The van der Waals surface area contributed by atoms with E-state index in [0.717, 1.165) is 0 Å². The summed E-state index contributed by atoms with van der Waals surface area (Å²) in [6, 6.07) is 3.13. The lowest BCUT2D eigenvalue weighted by atomic mass is 10.3. The fourth-order valence-corrected chi connectivity index (χ4v) is 1.19. The highest BCUT2D eigenvalue weighted by Crippen LogP contribution is 2.28. The smallest absolute Gasteiger partial charge is 0.359 e. The maximum Gasteiger partial charge on any atom is 0.359 e. The molecule has 86 valence electrons. The number of ether oxygens (including phenoxy) is 2. The highest BCUT2D eigenvalue weighted by molar-refractivity contribution is 5.87. The van der Waals surface area contributed by atoms with Gasteiger partial charge in [-0.2, -0.15) is 0 Å². The normalized spacial score (nSPS) is 14.8. The van der Waals surface area contributed by atoms with Crippen molar-refractivity contribution in [3.63, 3.8) is 0 Å². The molecule has 5 heteroatoms. The van der Waals surface area contributed by atoms with Gasteiger partial charge in [0.1, 0.15) is 5.69 Å². The first-order chi connectivity index (χ1) is 7.75. The number of esters is 1. The summed E-state index contributed by atoms with van der Waals surface area (Å²) in [4.78, 5) is 15.3. The summed E-state index contributed by atoms with van der Waals surface area (Å²) in [6.07, 6.45) is 3.85. The molecule has 16 heavy (non-hydrogen) atoms. The summed E-state index contributed by atoms with van der Waals surface area (Å²) in [5, 5.41) is 0. The molecule has 1 heterocycles. The third-order valence-corrected chi connectivity index (χ3v) is 2.32. The van der Waals surface area contributed by atoms with Crippen LogP contribution in [0.4, 0.5) is 5.69 Å². The van der Waals surface area contributed by atoms with Crippen molar-refractivity contribution >= 4 is 11.7 Å². The molecule has 1 aromatic heterocycles. The number of nitrogens with zero attached hydrogens (tertiary/aromatic N) is 1. The largest absolute Gasteiger partial charge is 0.434 e. The van der Waals surface area contributed by atoms with E-state index in [1.54, 1.807) is 6.07 Å². The summed E-state index contributed by atoms with van der Waals surface area (Å²) in [6.45, 7) is 0.657. The fourth-order valence-electron chi connectivity index (χ4n) is 1.19. The van der Waals surface area contributed by atoms with Crippen molar-refractivity contribution in [1.82, 2.24) is 4.98 Å². The molecule has 1 aliphatic rings. The van der Waals surface area contributed by atoms with Gasteiger partial charge in [0.25, 0.3) is 0 Å². The third-order valence-electron chi connectivity index (χ3n) is 2.32. The fraction of sp³-hybridized carbons (Fsp3) is 0.455. The van der Waals surface area contributed by atoms with Crippen molar-refractivity contribution in [3.05, 3.63) is 24.0 Å². The van der Waals surface area contributed by atoms with E-state index in [0.29, 0.717) is 18.2 Å². The maximum atomic E-state index is 11.4. The van der Waals surface area contributed by atoms with Gasteiger partial charge in [0.05, 0.1) is 18.5 Å². The Kier molecular flexibility index (Phi) is 3.36. The molecule has 1 aliphatic carbocycles. The van der Waals surface area contributed by atoms with Crippen LogP contribution in [0.1, 0.15) is 23.3 Å². The Bertz CT molecular complexity index is 360. The van der Waals surface area contributed by atoms with E-state index in [-0.39, 0.29) is 12.5 Å². The first-order valence-corrected chi connectivity index (χ1v) is 5.22. The van der Waals surface area contributed by atoms with E-state index in [9.17, 15) is 4.79 Å². The molecule has 2 rings (SSSR count). The summed E-state index contributed by atoms with van der Waals surface area (Å²) in [7, 11) is 0. The van der Waals surface area contributed by atoms with Crippen LogP contribution < -0.4 is 5.73 Å². The number of nitrogens with two attached hydrogens (primary N) is 1. The van der Waals surface area contributed by atoms with Crippen LogP contribution in [0.5, 0.6) is 0 Å². The molecule has 1 fully saturated rings. The Balaban J connectivity index is 1.71. The van der Waals surface area contributed by atoms with Gasteiger partial charge in [-0.1, -0.05) is 0 Å². The molecule has 0 atom stereocenters. The Morgan fingerprint density at radius 2 is 2.31 bits per heavy atom. The second-order valence-corrected chi connectivity index (χ2v) is 3.84. The summed E-state index contributed by atoms with van der Waals surface area (Å²) in [5.74, 6) is 0.171. The van der Waals surface area contributed by atoms with E-state index in [1.807, 2.05) is 0 Å². The van der Waals surface area contributed by atoms with E-state index in [2.05, 4.69) is 4.98 Å². The quantitative estimate of drug-likeness (QED) is 0.460. The Hall–Kier alpha value is -1.62. The number of aromatic nitrogens is 1. The number of nitrogen functional groups attached to an aromatic ring is 1. The van der Waals surface area contributed by atoms with Gasteiger partial charge in [-0.15, -0.1) is 0 Å². The van der Waals surface area contributed by atoms with Crippen molar-refractivity contribution in [2.24, 2.45) is 5.92 Å². The number of hydrogen-bond acceptors (Lipinski definition) is 5. The molecular formula is C11H14N2O3. The van der Waals surface area contributed by atoms with Crippen LogP contribution in [0.25, 0.3) is 0 Å². The monoisotopic (exact) mass is 222 g/mol. The lowest BCUT2D eigenvalue weighted by Gasteiger charge is -2.04. The molecule has 0 aliphatic heterocycles. The van der Waals surface area contributed by atoms with Crippen LogP contribution in [-0.2, 0) is 9.47 Å². The lowest BCUT2D eigenvalue weighted by molar-refractivity contribution is -0.0348. The molecule has 5 nitrogen and oxygen atoms in total. The number of pyridine rings is 1. The van der Waals surface area contributed by atoms with Gasteiger partial charge in [0.2, 0.25) is 0 Å². The molecule has 0 amide bonds. The average molecular weight is 222 g/mol. The Morgan fingerprint density at radius 1 is 1.50 bits per heavy atom. The minimum absolute atomic E-state index is 0.0125. The molecule has 0 unspecified atom stereocenters. The standard InChI is InChI=1S/C11H14N2O3/c12-9-3-4-10(13-5-9)11(14)16-7-15-6-8-1-2-8/h3-5,8H,1-2,6-7,12H2. The number of hydrogen-bond donors (Lipinski definition) is 1. The van der Waals surface area contributed by atoms with Crippen molar-refractivity contribution in [2.75, 3.05) is 19.1 Å². The number of rotatable bonds is 5. The van der Waals surface area contributed by atoms with Gasteiger partial charge in [0, 0.05) is 0 Å². The average Bonchev–Trinajstić information content (AvgIpc) is 3.09. The maximum absolute atomic E-state index is 11.4. The van der Waals surface area contributed by atoms with E-state index in [1.165, 1.54) is 25.1 Å². The molecule has 1 saturated carbocycles. The molecule has 0 spiro atoms. The molecule has 2 N–H and O–H groups in total. The van der Waals surface area contributed by atoms with Crippen molar-refractivity contribution < 1.29 is 14.3 Å². The predicted molar refractivity (Wildman–Crippen MR) is 57.6 cm³/mol. The van der Waals surface area contributed by atoms with Gasteiger partial charge in [-0.3, -0.25) is 0 Å². The van der Waals surface area contributed by atoms with Crippen molar-refractivity contribution in [2.45, 2.75) is 12.8 Å². The molecule has 0 saturated heterocycles. The van der Waals surface area contributed by atoms with E-state index < -0.39 is 5.97 Å². The number of anilines is 1. The molecular weight excluding hydrogens is 208 g/mol. The molecule has 0 radical (unpaired) electrons. The third kappa shape index (κ3) is 3.20. The van der Waals surface area contributed by atoms with Gasteiger partial charge in [0.15, 0.2) is 6.79 Å². The van der Waals surface area contributed by atoms with Crippen LogP contribution in [0.2, 0.25) is 0 Å². The second kappa shape index (κ2) is 4.94. The zero-order chi connectivity index (χ0) is 11.4. The predicted octanol–water partition coefficient (Wildman–Crippen LogP) is 1.20. The van der Waals surface area contributed by atoms with E-state index >= 15 is 0 Å². The van der Waals surface area contributed by atoms with Gasteiger partial charge in [-0.05, 0) is 30.9 Å². The molecule has 0 aromatic carbocycles. The zero-order valence-electron chi connectivity index (χ0n) is 8.89. The second-order valence-electron chi connectivity index (χ2n) is 3.84. The summed E-state index contributed by atoms with van der Waals surface area (Å²) in [5.41, 5.74) is 6.20. The van der Waals surface area contributed by atoms with Crippen LogP contribution >= 0.6 is 0 Å². The zero-order valence-corrected chi connectivity index (χ0v) is 8.89. The highest BCUT2D eigenvalue weighted by Gasteiger charge is 2.21. The minimum Gasteiger partial charge on any atom is -0.434 e. The van der Waals surface area contributed by atoms with Crippen LogP contribution in [0.15, 0.2) is 18.3 Å². The summed E-state index contributed by atoms with van der Waals surface area (Å²) < 4.78 is 10.1. The van der Waals surface area contributed by atoms with Crippen molar-refractivity contribution in [3.8, 4) is 0 Å². The molecule has 0 bridgehead atoms. The van der Waals surface area contributed by atoms with Gasteiger partial charge >= 0.3 is 5.97 Å². The van der Waals surface area contributed by atoms with Crippen molar-refractivity contribution in [1.29, 1.82) is 0 Å². The number of carbonyl (C=O) groups excluding carboxylic acids is 1. The highest BCUT2D eigenvalue weighted by atomic mass is 16.7.